The monoisotopic (exact) mass is 656 g/mol. The van der Waals surface area contributed by atoms with Gasteiger partial charge in [0.15, 0.2) is 0 Å². The zero-order valence-corrected chi connectivity index (χ0v) is 25.7. The lowest BCUT2D eigenvalue weighted by molar-refractivity contribution is -0.137. The van der Waals surface area contributed by atoms with Crippen LogP contribution < -0.4 is 9.47 Å². The Bertz CT molecular complexity index is 1200. The van der Waals surface area contributed by atoms with Crippen molar-refractivity contribution in [1.82, 2.24) is 9.80 Å². The van der Waals surface area contributed by atoms with Crippen molar-refractivity contribution >= 4 is 43.7 Å². The van der Waals surface area contributed by atoms with Gasteiger partial charge in [-0.2, -0.15) is 0 Å². The zero-order valence-electron chi connectivity index (χ0n) is 22.5. The molecule has 0 aromatic heterocycles. The van der Waals surface area contributed by atoms with Crippen LogP contribution in [0.25, 0.3) is 0 Å². The number of nitrogens with zero attached hydrogens (tertiary/aromatic N) is 2. The topological polar surface area (TPSA) is 59.1 Å². The van der Waals surface area contributed by atoms with Crippen LogP contribution in [0.15, 0.2) is 75.7 Å². The van der Waals surface area contributed by atoms with E-state index in [1.165, 1.54) is 11.1 Å². The second-order valence-corrected chi connectivity index (χ2v) is 11.8. The van der Waals surface area contributed by atoms with Crippen molar-refractivity contribution < 1.29 is 19.1 Å². The molecule has 0 bridgehead atoms. The number of likely N-dealkylation sites (N-methyl/N-ethyl adjacent to an activating group) is 1. The minimum absolute atomic E-state index is 0.0174. The molecule has 39 heavy (non-hydrogen) atoms. The summed E-state index contributed by atoms with van der Waals surface area (Å²) in [5.41, 5.74) is 2.90. The molecule has 4 rings (SSSR count). The van der Waals surface area contributed by atoms with E-state index in [0.29, 0.717) is 43.0 Å². The van der Waals surface area contributed by atoms with Gasteiger partial charge < -0.3 is 19.3 Å². The summed E-state index contributed by atoms with van der Waals surface area (Å²) in [5, 5.41) is 0. The lowest BCUT2D eigenvalue weighted by Crippen LogP contribution is -2.47. The van der Waals surface area contributed by atoms with E-state index in [1.807, 2.05) is 41.1 Å². The summed E-state index contributed by atoms with van der Waals surface area (Å²) in [5.74, 6) is 1.11. The Morgan fingerprint density at radius 1 is 0.846 bits per heavy atom. The van der Waals surface area contributed by atoms with Crippen molar-refractivity contribution in [2.24, 2.45) is 5.92 Å². The van der Waals surface area contributed by atoms with Crippen molar-refractivity contribution in [1.29, 1.82) is 0 Å². The Morgan fingerprint density at radius 2 is 1.31 bits per heavy atom. The fraction of sp³-hybridized carbons (Fsp3) is 0.355. The van der Waals surface area contributed by atoms with Gasteiger partial charge in [-0.15, -0.1) is 0 Å². The summed E-state index contributed by atoms with van der Waals surface area (Å²) < 4.78 is 12.7. The van der Waals surface area contributed by atoms with E-state index in [4.69, 9.17) is 9.47 Å². The molecule has 0 radical (unpaired) electrons. The maximum atomic E-state index is 13.7. The van der Waals surface area contributed by atoms with Crippen LogP contribution >= 0.6 is 31.9 Å². The first-order valence-electron chi connectivity index (χ1n) is 13.0. The summed E-state index contributed by atoms with van der Waals surface area (Å²) >= 11 is 7.02. The fourth-order valence-corrected chi connectivity index (χ4v) is 5.57. The average molecular weight is 658 g/mol. The Hall–Kier alpha value is -2.84. The van der Waals surface area contributed by atoms with Crippen LogP contribution in [0.2, 0.25) is 0 Å². The highest BCUT2D eigenvalue weighted by Crippen LogP contribution is 2.27. The molecule has 1 saturated heterocycles. The predicted molar refractivity (Wildman–Crippen MR) is 160 cm³/mol. The third kappa shape index (κ3) is 7.63. The van der Waals surface area contributed by atoms with Crippen molar-refractivity contribution in [2.45, 2.75) is 31.7 Å². The first-order chi connectivity index (χ1) is 18.8. The minimum Gasteiger partial charge on any atom is -0.497 e. The molecule has 0 atom stereocenters. The smallest absolute Gasteiger partial charge is 0.254 e. The second kappa shape index (κ2) is 13.5. The summed E-state index contributed by atoms with van der Waals surface area (Å²) in [6.45, 7) is 1.07. The normalized spacial score (nSPS) is 13.8. The standard InChI is InChI=1S/C31H34Br2N2O4/c1-34(27(16-21-4-8-25(32)9-5-21)17-22-6-10-26(33)11-7-22)30(36)23-12-14-35(15-13-23)31(37)24-18-28(38-2)20-29(19-24)39-3/h4-11,18-20,23,27H,12-17H2,1-3H3. The molecule has 2 amide bonds. The predicted octanol–water partition coefficient (Wildman–Crippen LogP) is 6.39. The van der Waals surface area contributed by atoms with Gasteiger partial charge >= 0.3 is 0 Å². The van der Waals surface area contributed by atoms with Gasteiger partial charge in [-0.25, -0.2) is 0 Å². The minimum atomic E-state index is -0.115. The highest BCUT2D eigenvalue weighted by molar-refractivity contribution is 9.10. The molecule has 1 aliphatic heterocycles. The molecular weight excluding hydrogens is 624 g/mol. The first-order valence-corrected chi connectivity index (χ1v) is 14.6. The molecule has 0 unspecified atom stereocenters. The van der Waals surface area contributed by atoms with Gasteiger partial charge in [0.1, 0.15) is 11.5 Å². The quantitative estimate of drug-likeness (QED) is 0.268. The number of hydrogen-bond acceptors (Lipinski definition) is 4. The van der Waals surface area contributed by atoms with Gasteiger partial charge in [0.2, 0.25) is 5.91 Å². The number of amides is 2. The summed E-state index contributed by atoms with van der Waals surface area (Å²) in [6.07, 6.45) is 2.81. The van der Waals surface area contributed by atoms with E-state index in [2.05, 4.69) is 56.1 Å². The van der Waals surface area contributed by atoms with E-state index < -0.39 is 0 Å². The van der Waals surface area contributed by atoms with Crippen molar-refractivity contribution in [3.05, 3.63) is 92.4 Å². The summed E-state index contributed by atoms with van der Waals surface area (Å²) in [6, 6.07) is 21.8. The summed E-state index contributed by atoms with van der Waals surface area (Å²) in [7, 11) is 5.06. The zero-order chi connectivity index (χ0) is 27.9. The van der Waals surface area contributed by atoms with Gasteiger partial charge in [0.25, 0.3) is 5.91 Å². The fourth-order valence-electron chi connectivity index (χ4n) is 5.04. The number of ether oxygens (including phenoxy) is 2. The molecule has 1 heterocycles. The van der Waals surface area contributed by atoms with E-state index in [9.17, 15) is 9.59 Å². The van der Waals surface area contributed by atoms with Crippen LogP contribution in [0.1, 0.15) is 34.3 Å². The lowest BCUT2D eigenvalue weighted by atomic mass is 9.92. The highest BCUT2D eigenvalue weighted by Gasteiger charge is 2.32. The second-order valence-electron chi connectivity index (χ2n) is 9.93. The van der Waals surface area contributed by atoms with Crippen LogP contribution in [0, 0.1) is 5.92 Å². The molecule has 6 nitrogen and oxygen atoms in total. The van der Waals surface area contributed by atoms with Gasteiger partial charge in [-0.1, -0.05) is 56.1 Å². The van der Waals surface area contributed by atoms with Gasteiger partial charge in [0.05, 0.1) is 14.2 Å². The largest absolute Gasteiger partial charge is 0.497 e. The molecule has 1 fully saturated rings. The molecule has 0 N–H and O–H groups in total. The van der Waals surface area contributed by atoms with Crippen molar-refractivity contribution in [3.63, 3.8) is 0 Å². The number of carbonyl (C=O) groups is 2. The molecule has 1 aliphatic rings. The van der Waals surface area contributed by atoms with Crippen LogP contribution in [0.4, 0.5) is 0 Å². The molecule has 0 spiro atoms. The van der Waals surface area contributed by atoms with Gasteiger partial charge in [-0.3, -0.25) is 9.59 Å². The van der Waals surface area contributed by atoms with E-state index in [-0.39, 0.29) is 23.8 Å². The molecular formula is C31H34Br2N2O4. The molecule has 0 saturated carbocycles. The van der Waals surface area contributed by atoms with E-state index in [1.54, 1.807) is 32.4 Å². The molecule has 8 heteroatoms. The van der Waals surface area contributed by atoms with Gasteiger partial charge in [0, 0.05) is 52.7 Å². The first kappa shape index (κ1) is 29.2. The van der Waals surface area contributed by atoms with E-state index >= 15 is 0 Å². The van der Waals surface area contributed by atoms with Crippen molar-refractivity contribution in [2.75, 3.05) is 34.4 Å². The molecule has 206 valence electrons. The molecule has 3 aromatic rings. The number of methoxy groups -OCH3 is 2. The SMILES string of the molecule is COc1cc(OC)cc(C(=O)N2CCC(C(=O)N(C)C(Cc3ccc(Br)cc3)Cc3ccc(Br)cc3)CC2)c1. The lowest BCUT2D eigenvalue weighted by Gasteiger charge is -2.36. The Balaban J connectivity index is 1.43. The van der Waals surface area contributed by atoms with Gasteiger partial charge in [-0.05, 0) is 73.2 Å². The summed E-state index contributed by atoms with van der Waals surface area (Å²) in [4.78, 5) is 30.7. The Kier molecular flexibility index (Phi) is 10.1. The average Bonchev–Trinajstić information content (AvgIpc) is 2.97. The van der Waals surface area contributed by atoms with Crippen LogP contribution in [0.5, 0.6) is 11.5 Å². The van der Waals surface area contributed by atoms with Crippen molar-refractivity contribution in [3.8, 4) is 11.5 Å². The van der Waals surface area contributed by atoms with Crippen LogP contribution in [-0.2, 0) is 17.6 Å². The maximum absolute atomic E-state index is 13.7. The number of likely N-dealkylation sites (tertiary alicyclic amines) is 1. The van der Waals surface area contributed by atoms with Crippen LogP contribution in [0.3, 0.4) is 0 Å². The maximum Gasteiger partial charge on any atom is 0.254 e. The number of carbonyl (C=O) groups excluding carboxylic acids is 2. The number of hydrogen-bond donors (Lipinski definition) is 0. The number of halogens is 2. The molecule has 3 aromatic carbocycles. The number of piperidine rings is 1. The highest BCUT2D eigenvalue weighted by atomic mass is 79.9. The molecule has 0 aliphatic carbocycles. The Labute approximate surface area is 247 Å². The van der Waals surface area contributed by atoms with E-state index in [0.717, 1.165) is 21.8 Å². The Morgan fingerprint density at radius 3 is 1.74 bits per heavy atom. The van der Waals surface area contributed by atoms with Crippen LogP contribution in [-0.4, -0.2) is 62.0 Å². The number of rotatable bonds is 9. The third-order valence-corrected chi connectivity index (χ3v) is 8.45. The number of benzene rings is 3. The third-order valence-electron chi connectivity index (χ3n) is 7.39.